The first kappa shape index (κ1) is 12.8. The van der Waals surface area contributed by atoms with E-state index in [9.17, 15) is 4.79 Å². The number of rotatable bonds is 5. The van der Waals surface area contributed by atoms with Gasteiger partial charge in [0, 0.05) is 25.4 Å². The van der Waals surface area contributed by atoms with Crippen molar-refractivity contribution in [3.63, 3.8) is 0 Å². The number of alkyl halides is 1. The van der Waals surface area contributed by atoms with Gasteiger partial charge in [-0.05, 0) is 12.8 Å². The molecule has 13 heavy (non-hydrogen) atoms. The Labute approximate surface area is 86.2 Å². The number of carbonyl (C=O) groups is 1. The molecule has 0 saturated carbocycles. The summed E-state index contributed by atoms with van der Waals surface area (Å²) in [6, 6.07) is 0. The van der Waals surface area contributed by atoms with Crippen LogP contribution in [0.15, 0.2) is 0 Å². The minimum absolute atomic E-state index is 0.0332. The van der Waals surface area contributed by atoms with Crippen LogP contribution in [0.1, 0.15) is 33.6 Å². The monoisotopic (exact) mass is 205 g/mol. The van der Waals surface area contributed by atoms with E-state index in [0.717, 1.165) is 6.42 Å². The molecule has 0 rings (SSSR count). The molecule has 1 amide bonds. The van der Waals surface area contributed by atoms with Crippen LogP contribution in [0.3, 0.4) is 0 Å². The highest BCUT2D eigenvalue weighted by molar-refractivity contribution is 6.20. The predicted molar refractivity (Wildman–Crippen MR) is 57.0 cm³/mol. The Bertz CT molecular complexity index is 159. The fraction of sp³-hybridized carbons (Fsp3) is 0.900. The molecule has 0 N–H and O–H groups in total. The Kier molecular flexibility index (Phi) is 6.13. The second kappa shape index (κ2) is 6.25. The van der Waals surface area contributed by atoms with Gasteiger partial charge in [-0.1, -0.05) is 20.3 Å². The van der Waals surface area contributed by atoms with E-state index in [1.807, 2.05) is 14.0 Å². The third-order valence-electron chi connectivity index (χ3n) is 2.17. The van der Waals surface area contributed by atoms with E-state index < -0.39 is 0 Å². The third-order valence-corrected chi connectivity index (χ3v) is 2.31. The van der Waals surface area contributed by atoms with E-state index in [0.29, 0.717) is 18.9 Å². The van der Waals surface area contributed by atoms with Crippen molar-refractivity contribution < 1.29 is 4.79 Å². The van der Waals surface area contributed by atoms with Gasteiger partial charge in [-0.2, -0.15) is 0 Å². The van der Waals surface area contributed by atoms with E-state index in [-0.39, 0.29) is 11.3 Å². The van der Waals surface area contributed by atoms with E-state index in [4.69, 9.17) is 11.6 Å². The average Bonchev–Trinajstić information content (AvgIpc) is 2.02. The Balaban J connectivity index is 3.82. The molecule has 2 nitrogen and oxygen atoms in total. The zero-order valence-corrected chi connectivity index (χ0v) is 9.77. The quantitative estimate of drug-likeness (QED) is 0.632. The van der Waals surface area contributed by atoms with Crippen LogP contribution in [0, 0.1) is 5.92 Å². The Hall–Kier alpha value is -0.240. The zero-order valence-electron chi connectivity index (χ0n) is 9.01. The summed E-state index contributed by atoms with van der Waals surface area (Å²) in [6.07, 6.45) is 1.69. The van der Waals surface area contributed by atoms with Crippen LogP contribution in [0.5, 0.6) is 0 Å². The van der Waals surface area contributed by atoms with Crippen LogP contribution in [0.2, 0.25) is 0 Å². The number of amides is 1. The summed E-state index contributed by atoms with van der Waals surface area (Å²) in [4.78, 5) is 13.2. The van der Waals surface area contributed by atoms with E-state index in [1.165, 1.54) is 0 Å². The molecule has 0 bridgehead atoms. The molecule has 0 fully saturated rings. The van der Waals surface area contributed by atoms with E-state index in [1.54, 1.807) is 4.90 Å². The lowest BCUT2D eigenvalue weighted by Gasteiger charge is -2.20. The summed E-state index contributed by atoms with van der Waals surface area (Å²) in [5.41, 5.74) is 0. The molecule has 2 atom stereocenters. The number of hydrogen-bond acceptors (Lipinski definition) is 1. The number of halogens is 1. The average molecular weight is 206 g/mol. The van der Waals surface area contributed by atoms with Crippen molar-refractivity contribution in [3.05, 3.63) is 0 Å². The van der Waals surface area contributed by atoms with Crippen LogP contribution in [0.4, 0.5) is 0 Å². The van der Waals surface area contributed by atoms with Crippen LogP contribution >= 0.6 is 11.6 Å². The van der Waals surface area contributed by atoms with Crippen molar-refractivity contribution in [1.29, 1.82) is 0 Å². The second-order valence-electron chi connectivity index (χ2n) is 3.77. The summed E-state index contributed by atoms with van der Waals surface area (Å²) in [7, 11) is 1.81. The lowest BCUT2D eigenvalue weighted by Crippen LogP contribution is -2.32. The molecule has 0 aromatic rings. The summed E-state index contributed by atoms with van der Waals surface area (Å²) >= 11 is 5.79. The smallest absolute Gasteiger partial charge is 0.222 e. The Morgan fingerprint density at radius 1 is 1.46 bits per heavy atom. The molecule has 0 radical (unpaired) electrons. The SMILES string of the molecule is CCC(C)CC(=O)N(C)CC(C)Cl. The highest BCUT2D eigenvalue weighted by atomic mass is 35.5. The minimum atomic E-state index is 0.0332. The number of carbonyl (C=O) groups excluding carboxylic acids is 1. The highest BCUT2D eigenvalue weighted by Gasteiger charge is 2.13. The molecule has 78 valence electrons. The van der Waals surface area contributed by atoms with Gasteiger partial charge in [0.25, 0.3) is 0 Å². The van der Waals surface area contributed by atoms with Gasteiger partial charge >= 0.3 is 0 Å². The van der Waals surface area contributed by atoms with Crippen molar-refractivity contribution in [2.75, 3.05) is 13.6 Å². The lowest BCUT2D eigenvalue weighted by atomic mass is 10.0. The Morgan fingerprint density at radius 2 is 2.00 bits per heavy atom. The van der Waals surface area contributed by atoms with Gasteiger partial charge in [0.2, 0.25) is 5.91 Å². The first-order chi connectivity index (χ1) is 5.97. The number of nitrogens with zero attached hydrogens (tertiary/aromatic N) is 1. The summed E-state index contributed by atoms with van der Waals surface area (Å²) < 4.78 is 0. The van der Waals surface area contributed by atoms with Crippen LogP contribution in [-0.4, -0.2) is 29.8 Å². The lowest BCUT2D eigenvalue weighted by molar-refractivity contribution is -0.130. The van der Waals surface area contributed by atoms with Crippen molar-refractivity contribution >= 4 is 17.5 Å². The van der Waals surface area contributed by atoms with Crippen molar-refractivity contribution in [3.8, 4) is 0 Å². The molecule has 2 unspecified atom stereocenters. The van der Waals surface area contributed by atoms with Gasteiger partial charge in [-0.3, -0.25) is 4.79 Å². The first-order valence-electron chi connectivity index (χ1n) is 4.85. The van der Waals surface area contributed by atoms with Crippen LogP contribution in [0.25, 0.3) is 0 Å². The molecule has 0 aromatic heterocycles. The molecule has 3 heteroatoms. The maximum absolute atomic E-state index is 11.5. The number of hydrogen-bond donors (Lipinski definition) is 0. The van der Waals surface area contributed by atoms with Crippen molar-refractivity contribution in [2.24, 2.45) is 5.92 Å². The molecule has 0 heterocycles. The third kappa shape index (κ3) is 5.92. The van der Waals surface area contributed by atoms with E-state index in [2.05, 4.69) is 13.8 Å². The van der Waals surface area contributed by atoms with E-state index >= 15 is 0 Å². The van der Waals surface area contributed by atoms with Gasteiger partial charge in [-0.25, -0.2) is 0 Å². The van der Waals surface area contributed by atoms with Crippen molar-refractivity contribution in [1.82, 2.24) is 4.90 Å². The molecular weight excluding hydrogens is 186 g/mol. The normalized spacial score (nSPS) is 15.2. The van der Waals surface area contributed by atoms with Gasteiger partial charge in [-0.15, -0.1) is 11.6 Å². The molecule has 0 spiro atoms. The highest BCUT2D eigenvalue weighted by Crippen LogP contribution is 2.09. The summed E-state index contributed by atoms with van der Waals surface area (Å²) in [5, 5.41) is 0.0332. The van der Waals surface area contributed by atoms with Gasteiger partial charge in [0.15, 0.2) is 0 Å². The molecule has 0 aliphatic rings. The molecule has 0 aromatic carbocycles. The second-order valence-corrected chi connectivity index (χ2v) is 4.52. The van der Waals surface area contributed by atoms with Gasteiger partial charge < -0.3 is 4.90 Å². The molecule has 0 aliphatic carbocycles. The predicted octanol–water partition coefficient (Wildman–Crippen LogP) is 2.51. The Morgan fingerprint density at radius 3 is 2.38 bits per heavy atom. The first-order valence-corrected chi connectivity index (χ1v) is 5.29. The fourth-order valence-electron chi connectivity index (χ4n) is 1.08. The molecule has 0 aliphatic heterocycles. The largest absolute Gasteiger partial charge is 0.344 e. The molecule has 0 saturated heterocycles. The van der Waals surface area contributed by atoms with Crippen LogP contribution < -0.4 is 0 Å². The fourth-order valence-corrected chi connectivity index (χ4v) is 1.28. The standard InChI is InChI=1S/C10H20ClNO/c1-5-8(2)6-10(13)12(4)7-9(3)11/h8-9H,5-7H2,1-4H3. The van der Waals surface area contributed by atoms with Gasteiger partial charge in [0.05, 0.1) is 0 Å². The minimum Gasteiger partial charge on any atom is -0.344 e. The topological polar surface area (TPSA) is 20.3 Å². The van der Waals surface area contributed by atoms with Crippen LogP contribution in [-0.2, 0) is 4.79 Å². The summed E-state index contributed by atoms with van der Waals surface area (Å²) in [5.74, 6) is 0.669. The molecular formula is C10H20ClNO. The maximum Gasteiger partial charge on any atom is 0.222 e. The zero-order chi connectivity index (χ0) is 10.4. The maximum atomic E-state index is 11.5. The summed E-state index contributed by atoms with van der Waals surface area (Å²) in [6.45, 7) is 6.73. The van der Waals surface area contributed by atoms with Gasteiger partial charge in [0.1, 0.15) is 0 Å². The van der Waals surface area contributed by atoms with Crippen molar-refractivity contribution in [2.45, 2.75) is 39.0 Å².